The molecule has 9 heteroatoms. The maximum atomic E-state index is 12.4. The van der Waals surface area contributed by atoms with Crippen molar-refractivity contribution in [2.75, 3.05) is 0 Å². The van der Waals surface area contributed by atoms with Gasteiger partial charge in [-0.05, 0) is 6.07 Å². The van der Waals surface area contributed by atoms with Crippen molar-refractivity contribution < 1.29 is 18.1 Å². The number of halogens is 3. The minimum atomic E-state index is -4.70. The van der Waals surface area contributed by atoms with Crippen LogP contribution < -0.4 is 0 Å². The van der Waals surface area contributed by atoms with E-state index < -0.39 is 22.6 Å². The fraction of sp³-hybridized carbons (Fsp3) is 0.143. The molecule has 0 N–H and O–H groups in total. The molecule has 0 radical (unpaired) electrons. The summed E-state index contributed by atoms with van der Waals surface area (Å²) in [6.07, 6.45) is -3.97. The van der Waals surface area contributed by atoms with Crippen molar-refractivity contribution in [3.8, 4) is 0 Å². The number of fused-ring (bicyclic) bond motifs is 1. The molecular formula is C7H3F3N4O2. The van der Waals surface area contributed by atoms with E-state index in [9.17, 15) is 23.3 Å². The minimum absolute atomic E-state index is 0.0991. The molecule has 6 nitrogen and oxygen atoms in total. The van der Waals surface area contributed by atoms with E-state index in [1.165, 1.54) is 0 Å². The molecule has 0 aliphatic heterocycles. The first-order valence-corrected chi connectivity index (χ1v) is 3.96. The van der Waals surface area contributed by atoms with E-state index in [4.69, 9.17) is 0 Å². The zero-order valence-electron chi connectivity index (χ0n) is 7.47. The van der Waals surface area contributed by atoms with E-state index in [0.29, 0.717) is 4.40 Å². The zero-order valence-corrected chi connectivity index (χ0v) is 7.47. The molecule has 0 aliphatic carbocycles. The Bertz CT molecular complexity index is 562. The van der Waals surface area contributed by atoms with E-state index in [1.54, 1.807) is 0 Å². The predicted molar refractivity (Wildman–Crippen MR) is 44.6 cm³/mol. The predicted octanol–water partition coefficient (Wildman–Crippen LogP) is 1.66. The summed E-state index contributed by atoms with van der Waals surface area (Å²) in [7, 11) is 0. The largest absolute Gasteiger partial charge is 0.452 e. The SMILES string of the molecule is O=[N+]([O-])c1ccc2nnc(C(F)(F)F)n2c1. The van der Waals surface area contributed by atoms with Crippen molar-refractivity contribution in [2.24, 2.45) is 0 Å². The highest BCUT2D eigenvalue weighted by Crippen LogP contribution is 2.28. The summed E-state index contributed by atoms with van der Waals surface area (Å²) in [4.78, 5) is 9.61. The van der Waals surface area contributed by atoms with Crippen LogP contribution >= 0.6 is 0 Å². The maximum absolute atomic E-state index is 12.4. The van der Waals surface area contributed by atoms with Gasteiger partial charge in [0.25, 0.3) is 5.69 Å². The molecule has 0 aliphatic rings. The second-order valence-corrected chi connectivity index (χ2v) is 2.89. The quantitative estimate of drug-likeness (QED) is 0.553. The van der Waals surface area contributed by atoms with E-state index in [0.717, 1.165) is 18.3 Å². The third-order valence-corrected chi connectivity index (χ3v) is 1.85. The normalized spacial score (nSPS) is 11.9. The van der Waals surface area contributed by atoms with Gasteiger partial charge in [0.2, 0.25) is 5.82 Å². The van der Waals surface area contributed by atoms with Crippen molar-refractivity contribution in [2.45, 2.75) is 6.18 Å². The van der Waals surface area contributed by atoms with Gasteiger partial charge in [0.1, 0.15) is 0 Å². The average molecular weight is 232 g/mol. The Morgan fingerprint density at radius 3 is 2.56 bits per heavy atom. The zero-order chi connectivity index (χ0) is 11.9. The van der Waals surface area contributed by atoms with Crippen LogP contribution in [0.25, 0.3) is 5.65 Å². The van der Waals surface area contributed by atoms with Crippen LogP contribution in [0.4, 0.5) is 18.9 Å². The molecule has 0 amide bonds. The Balaban J connectivity index is 2.70. The standard InChI is InChI=1S/C7H3F3N4O2/c8-7(9,10)6-12-11-5-2-1-4(14(15)16)3-13(5)6/h1-3H. The Morgan fingerprint density at radius 2 is 2.00 bits per heavy atom. The van der Waals surface area contributed by atoms with Crippen LogP contribution in [0.1, 0.15) is 5.82 Å². The van der Waals surface area contributed by atoms with Crippen molar-refractivity contribution in [3.05, 3.63) is 34.3 Å². The van der Waals surface area contributed by atoms with Crippen LogP contribution in [0.3, 0.4) is 0 Å². The lowest BCUT2D eigenvalue weighted by molar-refractivity contribution is -0.385. The van der Waals surface area contributed by atoms with Gasteiger partial charge in [-0.25, -0.2) is 0 Å². The molecule has 2 aromatic rings. The lowest BCUT2D eigenvalue weighted by Crippen LogP contribution is -2.10. The third-order valence-electron chi connectivity index (χ3n) is 1.85. The Labute approximate surface area is 85.5 Å². The molecule has 16 heavy (non-hydrogen) atoms. The second kappa shape index (κ2) is 3.15. The molecule has 0 fully saturated rings. The number of aromatic nitrogens is 3. The van der Waals surface area contributed by atoms with Gasteiger partial charge in [0.05, 0.1) is 11.1 Å². The third kappa shape index (κ3) is 1.55. The van der Waals surface area contributed by atoms with Gasteiger partial charge in [-0.2, -0.15) is 13.2 Å². The number of rotatable bonds is 1. The molecule has 84 valence electrons. The smallest absolute Gasteiger partial charge is 0.272 e. The number of pyridine rings is 1. The number of nitro groups is 1. The molecule has 0 saturated carbocycles. The van der Waals surface area contributed by atoms with Gasteiger partial charge in [-0.1, -0.05) is 0 Å². The van der Waals surface area contributed by atoms with E-state index >= 15 is 0 Å². The van der Waals surface area contributed by atoms with Crippen LogP contribution in [0, 0.1) is 10.1 Å². The van der Waals surface area contributed by atoms with Gasteiger partial charge in [-0.15, -0.1) is 10.2 Å². The van der Waals surface area contributed by atoms with Crippen molar-refractivity contribution in [3.63, 3.8) is 0 Å². The van der Waals surface area contributed by atoms with Crippen LogP contribution in [0.2, 0.25) is 0 Å². The van der Waals surface area contributed by atoms with Gasteiger partial charge >= 0.3 is 6.18 Å². The number of alkyl halides is 3. The number of hydrogen-bond acceptors (Lipinski definition) is 4. The summed E-state index contributed by atoms with van der Waals surface area (Å²) in [5, 5.41) is 16.6. The van der Waals surface area contributed by atoms with Crippen LogP contribution in [-0.2, 0) is 6.18 Å². The lowest BCUT2D eigenvalue weighted by Gasteiger charge is -2.02. The first-order valence-electron chi connectivity index (χ1n) is 3.96. The van der Waals surface area contributed by atoms with E-state index in [1.807, 2.05) is 0 Å². The first kappa shape index (κ1) is 10.3. The summed E-state index contributed by atoms with van der Waals surface area (Å²) in [6.45, 7) is 0. The molecule has 2 rings (SSSR count). The molecule has 0 unspecified atom stereocenters. The second-order valence-electron chi connectivity index (χ2n) is 2.89. The molecule has 0 spiro atoms. The minimum Gasteiger partial charge on any atom is -0.272 e. The lowest BCUT2D eigenvalue weighted by atomic mass is 10.4. The fourth-order valence-electron chi connectivity index (χ4n) is 1.18. The molecule has 0 atom stereocenters. The molecular weight excluding hydrogens is 229 g/mol. The van der Waals surface area contributed by atoms with Crippen LogP contribution in [0.15, 0.2) is 18.3 Å². The molecule has 0 bridgehead atoms. The Kier molecular flexibility index (Phi) is 2.04. The van der Waals surface area contributed by atoms with E-state index in [-0.39, 0.29) is 5.65 Å². The summed E-state index contributed by atoms with van der Waals surface area (Å²) >= 11 is 0. The molecule has 2 heterocycles. The Morgan fingerprint density at radius 1 is 1.31 bits per heavy atom. The summed E-state index contributed by atoms with van der Waals surface area (Å²) < 4.78 is 37.7. The van der Waals surface area contributed by atoms with Gasteiger partial charge in [0, 0.05) is 6.07 Å². The van der Waals surface area contributed by atoms with Crippen molar-refractivity contribution in [1.82, 2.24) is 14.6 Å². The first-order chi connectivity index (χ1) is 7.39. The summed E-state index contributed by atoms with van der Waals surface area (Å²) in [5.41, 5.74) is -0.560. The fourth-order valence-corrected chi connectivity index (χ4v) is 1.18. The molecule has 0 aromatic carbocycles. The highest BCUT2D eigenvalue weighted by Gasteiger charge is 2.37. The highest BCUT2D eigenvalue weighted by atomic mass is 19.4. The van der Waals surface area contributed by atoms with Crippen molar-refractivity contribution in [1.29, 1.82) is 0 Å². The maximum Gasteiger partial charge on any atom is 0.452 e. The monoisotopic (exact) mass is 232 g/mol. The number of nitrogens with zero attached hydrogens (tertiary/aromatic N) is 4. The van der Waals surface area contributed by atoms with Gasteiger partial charge in [-0.3, -0.25) is 14.5 Å². The topological polar surface area (TPSA) is 73.3 Å². The number of hydrogen-bond donors (Lipinski definition) is 0. The molecule has 0 saturated heterocycles. The summed E-state index contributed by atoms with van der Waals surface area (Å²) in [6, 6.07) is 2.16. The van der Waals surface area contributed by atoms with Crippen LogP contribution in [-0.4, -0.2) is 19.5 Å². The highest BCUT2D eigenvalue weighted by molar-refractivity contribution is 5.44. The van der Waals surface area contributed by atoms with Gasteiger partial charge < -0.3 is 0 Å². The Hall–Kier alpha value is -2.19. The van der Waals surface area contributed by atoms with E-state index in [2.05, 4.69) is 10.2 Å². The van der Waals surface area contributed by atoms with Crippen LogP contribution in [0.5, 0.6) is 0 Å². The molecule has 2 aromatic heterocycles. The average Bonchev–Trinajstić information content (AvgIpc) is 2.58. The van der Waals surface area contributed by atoms with Gasteiger partial charge in [0.15, 0.2) is 5.65 Å². The summed E-state index contributed by atoms with van der Waals surface area (Å²) in [5.74, 6) is -1.29. The van der Waals surface area contributed by atoms with Crippen molar-refractivity contribution >= 4 is 11.3 Å².